The number of para-hydroxylation sites is 1. The van der Waals surface area contributed by atoms with E-state index in [1.54, 1.807) is 17.7 Å². The molecule has 162 valence electrons. The SMILES string of the molecule is CC(c1nc2ccccc2c(=O)n1C)N(Cc1ccccc1)C(=O)CCc1ccccc1. The lowest BCUT2D eigenvalue weighted by Gasteiger charge is -2.30. The number of aryl methyl sites for hydroxylation is 1. The quantitative estimate of drug-likeness (QED) is 0.433. The number of rotatable bonds is 7. The first-order valence-electron chi connectivity index (χ1n) is 10.9. The summed E-state index contributed by atoms with van der Waals surface area (Å²) < 4.78 is 1.56. The molecule has 32 heavy (non-hydrogen) atoms. The first kappa shape index (κ1) is 21.5. The van der Waals surface area contributed by atoms with Gasteiger partial charge >= 0.3 is 0 Å². The first-order chi connectivity index (χ1) is 15.5. The standard InChI is InChI=1S/C27H27N3O2/c1-20(26-28-24-16-10-9-15-23(24)27(32)29(26)2)30(19-22-13-7-4-8-14-22)25(31)18-17-21-11-5-3-6-12-21/h3-16,20H,17-19H2,1-2H3. The van der Waals surface area contributed by atoms with Crippen molar-refractivity contribution in [2.75, 3.05) is 0 Å². The molecule has 5 heteroatoms. The highest BCUT2D eigenvalue weighted by Gasteiger charge is 2.25. The van der Waals surface area contributed by atoms with Crippen LogP contribution in [0.4, 0.5) is 0 Å². The third-order valence-corrected chi connectivity index (χ3v) is 5.85. The van der Waals surface area contributed by atoms with Crippen LogP contribution < -0.4 is 5.56 Å². The van der Waals surface area contributed by atoms with Crippen LogP contribution in [0.2, 0.25) is 0 Å². The van der Waals surface area contributed by atoms with Crippen molar-refractivity contribution in [3.8, 4) is 0 Å². The topological polar surface area (TPSA) is 55.2 Å². The van der Waals surface area contributed by atoms with E-state index >= 15 is 0 Å². The van der Waals surface area contributed by atoms with Crippen LogP contribution in [0.3, 0.4) is 0 Å². The summed E-state index contributed by atoms with van der Waals surface area (Å²) in [6.45, 7) is 2.40. The Bertz CT molecular complexity index is 1270. The Balaban J connectivity index is 1.67. The molecule has 3 aromatic carbocycles. The Morgan fingerprint density at radius 3 is 2.19 bits per heavy atom. The first-order valence-corrected chi connectivity index (χ1v) is 10.9. The maximum absolute atomic E-state index is 13.4. The molecule has 0 aliphatic carbocycles. The van der Waals surface area contributed by atoms with Crippen molar-refractivity contribution in [3.05, 3.63) is 112 Å². The van der Waals surface area contributed by atoms with Gasteiger partial charge in [-0.05, 0) is 36.6 Å². The Morgan fingerprint density at radius 2 is 1.50 bits per heavy atom. The second-order valence-corrected chi connectivity index (χ2v) is 8.02. The average molecular weight is 426 g/mol. The predicted molar refractivity (Wildman–Crippen MR) is 127 cm³/mol. The largest absolute Gasteiger partial charge is 0.328 e. The smallest absolute Gasteiger partial charge is 0.261 e. The van der Waals surface area contributed by atoms with Crippen LogP contribution >= 0.6 is 0 Å². The Hall–Kier alpha value is -3.73. The zero-order chi connectivity index (χ0) is 22.5. The lowest BCUT2D eigenvalue weighted by atomic mass is 10.1. The highest BCUT2D eigenvalue weighted by molar-refractivity contribution is 5.78. The predicted octanol–water partition coefficient (Wildman–Crippen LogP) is 4.66. The molecular formula is C27H27N3O2. The van der Waals surface area contributed by atoms with Crippen LogP contribution in [0.25, 0.3) is 10.9 Å². The highest BCUT2D eigenvalue weighted by Crippen LogP contribution is 2.23. The molecule has 0 saturated carbocycles. The zero-order valence-corrected chi connectivity index (χ0v) is 18.4. The number of aromatic nitrogens is 2. The molecule has 5 nitrogen and oxygen atoms in total. The summed E-state index contributed by atoms with van der Waals surface area (Å²) in [6.07, 6.45) is 1.06. The molecule has 1 amide bonds. The van der Waals surface area contributed by atoms with E-state index in [1.807, 2.05) is 90.7 Å². The number of benzene rings is 3. The van der Waals surface area contributed by atoms with Gasteiger partial charge < -0.3 is 4.90 Å². The van der Waals surface area contributed by atoms with Crippen LogP contribution in [0.5, 0.6) is 0 Å². The summed E-state index contributed by atoms with van der Waals surface area (Å²) in [4.78, 5) is 32.9. The second-order valence-electron chi connectivity index (χ2n) is 8.02. The van der Waals surface area contributed by atoms with Gasteiger partial charge in [-0.3, -0.25) is 14.2 Å². The van der Waals surface area contributed by atoms with Gasteiger partial charge in [0.05, 0.1) is 16.9 Å². The van der Waals surface area contributed by atoms with Crippen molar-refractivity contribution in [1.29, 1.82) is 0 Å². The number of hydrogen-bond acceptors (Lipinski definition) is 3. The van der Waals surface area contributed by atoms with E-state index in [9.17, 15) is 9.59 Å². The number of fused-ring (bicyclic) bond motifs is 1. The third kappa shape index (κ3) is 4.62. The van der Waals surface area contributed by atoms with Gasteiger partial charge in [-0.15, -0.1) is 0 Å². The number of hydrogen-bond donors (Lipinski definition) is 0. The number of amides is 1. The van der Waals surface area contributed by atoms with Gasteiger partial charge in [0, 0.05) is 20.0 Å². The van der Waals surface area contributed by atoms with Crippen molar-refractivity contribution in [3.63, 3.8) is 0 Å². The zero-order valence-electron chi connectivity index (χ0n) is 18.4. The summed E-state index contributed by atoms with van der Waals surface area (Å²) in [7, 11) is 1.72. The lowest BCUT2D eigenvalue weighted by Crippen LogP contribution is -2.37. The molecule has 4 rings (SSSR count). The number of carbonyl (C=O) groups excluding carboxylic acids is 1. The highest BCUT2D eigenvalue weighted by atomic mass is 16.2. The van der Waals surface area contributed by atoms with Crippen LogP contribution in [0.15, 0.2) is 89.7 Å². The van der Waals surface area contributed by atoms with Gasteiger partial charge in [-0.25, -0.2) is 4.98 Å². The molecule has 0 fully saturated rings. The summed E-state index contributed by atoms with van der Waals surface area (Å²) in [6, 6.07) is 26.9. The molecular weight excluding hydrogens is 398 g/mol. The van der Waals surface area contributed by atoms with Gasteiger partial charge in [0.15, 0.2) is 0 Å². The lowest BCUT2D eigenvalue weighted by molar-refractivity contribution is -0.134. The van der Waals surface area contributed by atoms with E-state index in [-0.39, 0.29) is 17.5 Å². The molecule has 1 aromatic heterocycles. The molecule has 0 radical (unpaired) electrons. The van der Waals surface area contributed by atoms with E-state index in [2.05, 4.69) is 0 Å². The summed E-state index contributed by atoms with van der Waals surface area (Å²) >= 11 is 0. The monoisotopic (exact) mass is 425 g/mol. The third-order valence-electron chi connectivity index (χ3n) is 5.85. The van der Waals surface area contributed by atoms with Crippen LogP contribution in [-0.2, 0) is 24.8 Å². The maximum atomic E-state index is 13.4. The molecule has 0 spiro atoms. The van der Waals surface area contributed by atoms with Crippen molar-refractivity contribution >= 4 is 16.8 Å². The van der Waals surface area contributed by atoms with Crippen LogP contribution in [0.1, 0.15) is 36.3 Å². The molecule has 1 heterocycles. The molecule has 0 aliphatic heterocycles. The molecule has 1 unspecified atom stereocenters. The van der Waals surface area contributed by atoms with Gasteiger partial charge in [-0.1, -0.05) is 72.8 Å². The van der Waals surface area contributed by atoms with Gasteiger partial charge in [-0.2, -0.15) is 0 Å². The molecule has 0 aliphatic rings. The van der Waals surface area contributed by atoms with E-state index in [0.29, 0.717) is 36.1 Å². The van der Waals surface area contributed by atoms with E-state index in [1.165, 1.54) is 0 Å². The minimum absolute atomic E-state index is 0.0348. The van der Waals surface area contributed by atoms with E-state index in [0.717, 1.165) is 11.1 Å². The molecule has 4 aromatic rings. The van der Waals surface area contributed by atoms with Gasteiger partial charge in [0.2, 0.25) is 5.91 Å². The normalized spacial score (nSPS) is 11.9. The fourth-order valence-electron chi connectivity index (χ4n) is 4.01. The Labute approximate surface area is 188 Å². The van der Waals surface area contributed by atoms with Crippen LogP contribution in [0, 0.1) is 0 Å². The van der Waals surface area contributed by atoms with E-state index in [4.69, 9.17) is 4.98 Å². The number of nitrogens with zero attached hydrogens (tertiary/aromatic N) is 3. The Kier molecular flexibility index (Phi) is 6.45. The molecule has 0 N–H and O–H groups in total. The fraction of sp³-hybridized carbons (Fsp3) is 0.222. The van der Waals surface area contributed by atoms with Crippen molar-refractivity contribution in [1.82, 2.24) is 14.5 Å². The van der Waals surface area contributed by atoms with Crippen molar-refractivity contribution in [2.45, 2.75) is 32.4 Å². The summed E-state index contributed by atoms with van der Waals surface area (Å²) in [5.74, 6) is 0.616. The average Bonchev–Trinajstić information content (AvgIpc) is 2.84. The van der Waals surface area contributed by atoms with Crippen LogP contribution in [-0.4, -0.2) is 20.4 Å². The fourth-order valence-corrected chi connectivity index (χ4v) is 4.01. The minimum atomic E-state index is -0.360. The van der Waals surface area contributed by atoms with Crippen molar-refractivity contribution in [2.24, 2.45) is 7.05 Å². The second kappa shape index (κ2) is 9.60. The summed E-state index contributed by atoms with van der Waals surface area (Å²) in [5, 5.41) is 0.580. The molecule has 0 bridgehead atoms. The maximum Gasteiger partial charge on any atom is 0.261 e. The minimum Gasteiger partial charge on any atom is -0.328 e. The van der Waals surface area contributed by atoms with Crippen molar-refractivity contribution < 1.29 is 4.79 Å². The van der Waals surface area contributed by atoms with Gasteiger partial charge in [0.25, 0.3) is 5.56 Å². The number of carbonyl (C=O) groups is 1. The molecule has 0 saturated heterocycles. The Morgan fingerprint density at radius 1 is 0.906 bits per heavy atom. The van der Waals surface area contributed by atoms with Gasteiger partial charge in [0.1, 0.15) is 5.82 Å². The molecule has 1 atom stereocenters. The summed E-state index contributed by atoms with van der Waals surface area (Å²) in [5.41, 5.74) is 2.71. The van der Waals surface area contributed by atoms with E-state index < -0.39 is 0 Å².